The highest BCUT2D eigenvalue weighted by Crippen LogP contribution is 2.22. The number of rotatable bonds is 2. The van der Waals surface area contributed by atoms with E-state index in [1.165, 1.54) is 18.2 Å². The van der Waals surface area contributed by atoms with Crippen molar-refractivity contribution in [3.63, 3.8) is 0 Å². The molecule has 0 saturated carbocycles. The smallest absolute Gasteiger partial charge is 0.196 e. The van der Waals surface area contributed by atoms with Crippen LogP contribution in [0.1, 0.15) is 32.6 Å². The maximum Gasteiger partial charge on any atom is 0.196 e. The fourth-order valence-corrected chi connectivity index (χ4v) is 2.39. The molecule has 19 heavy (non-hydrogen) atoms. The third kappa shape index (κ3) is 2.50. The zero-order valence-electron chi connectivity index (χ0n) is 11.3. The molecule has 0 aliphatic rings. The molecular formula is C16H16FNO. The van der Waals surface area contributed by atoms with Crippen molar-refractivity contribution in [2.24, 2.45) is 0 Å². The zero-order valence-corrected chi connectivity index (χ0v) is 11.3. The van der Waals surface area contributed by atoms with Crippen molar-refractivity contribution < 1.29 is 9.18 Å². The molecule has 0 heterocycles. The van der Waals surface area contributed by atoms with Crippen LogP contribution in [0.4, 0.5) is 10.1 Å². The molecule has 0 spiro atoms. The molecule has 0 fully saturated rings. The van der Waals surface area contributed by atoms with Crippen LogP contribution in [0.15, 0.2) is 30.3 Å². The highest BCUT2D eigenvalue weighted by Gasteiger charge is 2.18. The minimum atomic E-state index is -0.579. The second-order valence-electron chi connectivity index (χ2n) is 4.84. The van der Waals surface area contributed by atoms with E-state index in [9.17, 15) is 9.18 Å². The summed E-state index contributed by atoms with van der Waals surface area (Å²) in [6.07, 6.45) is 0. The van der Waals surface area contributed by atoms with E-state index >= 15 is 0 Å². The predicted molar refractivity (Wildman–Crippen MR) is 74.9 cm³/mol. The second kappa shape index (κ2) is 4.84. The standard InChI is InChI=1S/C16H16FNO/c1-9-6-10(2)15(11(3)7-9)16(19)13-5-4-12(18)8-14(13)17/h4-8H,18H2,1-3H3. The average Bonchev–Trinajstić information content (AvgIpc) is 2.26. The summed E-state index contributed by atoms with van der Waals surface area (Å²) in [4.78, 5) is 12.5. The monoisotopic (exact) mass is 257 g/mol. The molecule has 0 atom stereocenters. The van der Waals surface area contributed by atoms with Crippen LogP contribution in [0.5, 0.6) is 0 Å². The van der Waals surface area contributed by atoms with Gasteiger partial charge in [-0.05, 0) is 50.1 Å². The lowest BCUT2D eigenvalue weighted by Gasteiger charge is -2.11. The van der Waals surface area contributed by atoms with E-state index in [0.717, 1.165) is 16.7 Å². The molecule has 0 aliphatic carbocycles. The maximum absolute atomic E-state index is 13.8. The number of anilines is 1. The molecule has 2 aromatic carbocycles. The van der Waals surface area contributed by atoms with Crippen LogP contribution in [0.25, 0.3) is 0 Å². The molecule has 0 unspecified atom stereocenters. The van der Waals surface area contributed by atoms with Crippen LogP contribution < -0.4 is 5.73 Å². The van der Waals surface area contributed by atoms with Crippen LogP contribution in [-0.2, 0) is 0 Å². The normalized spacial score (nSPS) is 10.5. The van der Waals surface area contributed by atoms with Gasteiger partial charge in [-0.15, -0.1) is 0 Å². The van der Waals surface area contributed by atoms with Gasteiger partial charge in [0, 0.05) is 11.3 Å². The summed E-state index contributed by atoms with van der Waals surface area (Å²) in [5, 5.41) is 0. The maximum atomic E-state index is 13.8. The first kappa shape index (κ1) is 13.3. The lowest BCUT2D eigenvalue weighted by Crippen LogP contribution is -2.09. The summed E-state index contributed by atoms with van der Waals surface area (Å²) in [7, 11) is 0. The third-order valence-electron chi connectivity index (χ3n) is 3.14. The van der Waals surface area contributed by atoms with Crippen molar-refractivity contribution >= 4 is 11.5 Å². The van der Waals surface area contributed by atoms with Crippen molar-refractivity contribution in [3.05, 3.63) is 64.0 Å². The fourth-order valence-electron chi connectivity index (χ4n) is 2.39. The van der Waals surface area contributed by atoms with Crippen molar-refractivity contribution in [2.45, 2.75) is 20.8 Å². The molecule has 0 bridgehead atoms. The summed E-state index contributed by atoms with van der Waals surface area (Å²) in [5.41, 5.74) is 9.24. The van der Waals surface area contributed by atoms with Gasteiger partial charge in [0.2, 0.25) is 0 Å². The van der Waals surface area contributed by atoms with Gasteiger partial charge in [-0.3, -0.25) is 4.79 Å². The number of nitrogen functional groups attached to an aromatic ring is 1. The van der Waals surface area contributed by atoms with E-state index in [2.05, 4.69) is 0 Å². The summed E-state index contributed by atoms with van der Waals surface area (Å²) >= 11 is 0. The van der Waals surface area contributed by atoms with Gasteiger partial charge in [0.15, 0.2) is 5.78 Å². The molecular weight excluding hydrogens is 241 g/mol. The molecule has 2 nitrogen and oxygen atoms in total. The summed E-state index contributed by atoms with van der Waals surface area (Å²) < 4.78 is 13.8. The topological polar surface area (TPSA) is 43.1 Å². The van der Waals surface area contributed by atoms with Crippen molar-refractivity contribution in [2.75, 3.05) is 5.73 Å². The average molecular weight is 257 g/mol. The Bertz CT molecular complexity index is 639. The zero-order chi connectivity index (χ0) is 14.2. The van der Waals surface area contributed by atoms with Gasteiger partial charge in [-0.25, -0.2) is 4.39 Å². The van der Waals surface area contributed by atoms with Crippen LogP contribution in [0.3, 0.4) is 0 Å². The first-order valence-electron chi connectivity index (χ1n) is 6.07. The molecule has 2 rings (SSSR count). The first-order valence-corrected chi connectivity index (χ1v) is 6.07. The van der Waals surface area contributed by atoms with E-state index < -0.39 is 5.82 Å². The Morgan fingerprint density at radius 3 is 2.16 bits per heavy atom. The third-order valence-corrected chi connectivity index (χ3v) is 3.14. The van der Waals surface area contributed by atoms with Gasteiger partial charge in [0.25, 0.3) is 0 Å². The Balaban J connectivity index is 2.56. The Labute approximate surface area is 112 Å². The largest absolute Gasteiger partial charge is 0.399 e. The van der Waals surface area contributed by atoms with Crippen LogP contribution in [0.2, 0.25) is 0 Å². The highest BCUT2D eigenvalue weighted by atomic mass is 19.1. The van der Waals surface area contributed by atoms with E-state index in [1.807, 2.05) is 32.9 Å². The van der Waals surface area contributed by atoms with Gasteiger partial charge >= 0.3 is 0 Å². The number of benzene rings is 2. The summed E-state index contributed by atoms with van der Waals surface area (Å²) in [5.74, 6) is -0.878. The van der Waals surface area contributed by atoms with Crippen molar-refractivity contribution in [3.8, 4) is 0 Å². The number of hydrogen-bond acceptors (Lipinski definition) is 2. The molecule has 98 valence electrons. The van der Waals surface area contributed by atoms with Gasteiger partial charge < -0.3 is 5.73 Å². The first-order chi connectivity index (χ1) is 8.90. The molecule has 2 N–H and O–H groups in total. The van der Waals surface area contributed by atoms with Gasteiger partial charge in [-0.2, -0.15) is 0 Å². The number of ketones is 1. The molecule has 0 amide bonds. The van der Waals surface area contributed by atoms with Crippen molar-refractivity contribution in [1.29, 1.82) is 0 Å². The quantitative estimate of drug-likeness (QED) is 0.660. The second-order valence-corrected chi connectivity index (χ2v) is 4.84. The van der Waals surface area contributed by atoms with Gasteiger partial charge in [0.1, 0.15) is 5.82 Å². The number of carbonyl (C=O) groups excluding carboxylic acids is 1. The van der Waals surface area contributed by atoms with Crippen LogP contribution in [0, 0.1) is 26.6 Å². The number of aryl methyl sites for hydroxylation is 3. The number of nitrogens with two attached hydrogens (primary N) is 1. The van der Waals surface area contributed by atoms with Crippen LogP contribution in [-0.4, -0.2) is 5.78 Å². The minimum Gasteiger partial charge on any atom is -0.399 e. The lowest BCUT2D eigenvalue weighted by atomic mass is 9.93. The van der Waals surface area contributed by atoms with E-state index in [0.29, 0.717) is 11.3 Å². The predicted octanol–water partition coefficient (Wildman–Crippen LogP) is 3.56. The Morgan fingerprint density at radius 1 is 1.05 bits per heavy atom. The number of halogens is 1. The Kier molecular flexibility index (Phi) is 3.38. The molecule has 3 heteroatoms. The minimum absolute atomic E-state index is 0.0595. The summed E-state index contributed by atoms with van der Waals surface area (Å²) in [6.45, 7) is 5.70. The van der Waals surface area contributed by atoms with Crippen LogP contribution >= 0.6 is 0 Å². The Hall–Kier alpha value is -2.16. The molecule has 0 aromatic heterocycles. The fraction of sp³-hybridized carbons (Fsp3) is 0.188. The molecule has 0 radical (unpaired) electrons. The van der Waals surface area contributed by atoms with E-state index in [4.69, 9.17) is 5.73 Å². The highest BCUT2D eigenvalue weighted by molar-refractivity contribution is 6.11. The molecule has 2 aromatic rings. The number of carbonyl (C=O) groups is 1. The molecule has 0 saturated heterocycles. The lowest BCUT2D eigenvalue weighted by molar-refractivity contribution is 0.103. The van der Waals surface area contributed by atoms with Crippen molar-refractivity contribution in [1.82, 2.24) is 0 Å². The number of hydrogen-bond donors (Lipinski definition) is 1. The molecule has 0 aliphatic heterocycles. The Morgan fingerprint density at radius 2 is 1.63 bits per heavy atom. The SMILES string of the molecule is Cc1cc(C)c(C(=O)c2ccc(N)cc2F)c(C)c1. The van der Waals surface area contributed by atoms with Gasteiger partial charge in [0.05, 0.1) is 5.56 Å². The van der Waals surface area contributed by atoms with Gasteiger partial charge in [-0.1, -0.05) is 17.7 Å². The summed E-state index contributed by atoms with van der Waals surface area (Å²) in [6, 6.07) is 8.00. The van der Waals surface area contributed by atoms with E-state index in [1.54, 1.807) is 0 Å². The van der Waals surface area contributed by atoms with E-state index in [-0.39, 0.29) is 11.3 Å².